The van der Waals surface area contributed by atoms with Gasteiger partial charge < -0.3 is 15.1 Å². The lowest BCUT2D eigenvalue weighted by Gasteiger charge is -2.09. The molecule has 33 heavy (non-hydrogen) atoms. The van der Waals surface area contributed by atoms with Crippen molar-refractivity contribution in [2.75, 3.05) is 10.6 Å². The van der Waals surface area contributed by atoms with Gasteiger partial charge >= 0.3 is 0 Å². The Morgan fingerprint density at radius 2 is 1.76 bits per heavy atom. The van der Waals surface area contributed by atoms with Gasteiger partial charge in [0.2, 0.25) is 0 Å². The molecule has 170 valence electrons. The molecule has 3 aromatic heterocycles. The maximum absolute atomic E-state index is 12.7. The molecule has 0 atom stereocenters. The topological polar surface area (TPSA) is 107 Å². The minimum absolute atomic E-state index is 0.187. The molecular weight excluding hydrogens is 488 g/mol. The Morgan fingerprint density at radius 1 is 1.03 bits per heavy atom. The fourth-order valence-corrected chi connectivity index (χ4v) is 3.69. The van der Waals surface area contributed by atoms with Crippen LogP contribution in [0.25, 0.3) is 0 Å². The van der Waals surface area contributed by atoms with E-state index in [1.807, 2.05) is 25.5 Å². The maximum atomic E-state index is 12.7. The summed E-state index contributed by atoms with van der Waals surface area (Å²) < 4.78 is 10.1. The number of furan rings is 1. The molecule has 4 aromatic rings. The molecule has 0 saturated heterocycles. The number of anilines is 2. The first-order valence-corrected chi connectivity index (χ1v) is 11.2. The number of hydrogen-bond donors (Lipinski definition) is 2. The lowest BCUT2D eigenvalue weighted by molar-refractivity contribution is 0.0992. The Bertz CT molecular complexity index is 1320. The van der Waals surface area contributed by atoms with Gasteiger partial charge in [0.15, 0.2) is 5.76 Å². The summed E-state index contributed by atoms with van der Waals surface area (Å²) in [7, 11) is 0. The van der Waals surface area contributed by atoms with E-state index in [0.29, 0.717) is 35.9 Å². The molecule has 2 N–H and O–H groups in total. The molecule has 1 aromatic carbocycles. The van der Waals surface area contributed by atoms with Crippen LogP contribution in [-0.4, -0.2) is 31.4 Å². The number of rotatable bonds is 7. The Morgan fingerprint density at radius 3 is 2.42 bits per heavy atom. The van der Waals surface area contributed by atoms with Gasteiger partial charge in [-0.3, -0.25) is 19.0 Å². The summed E-state index contributed by atoms with van der Waals surface area (Å²) in [5, 5.41) is 14.2. The number of amides is 2. The zero-order valence-corrected chi connectivity index (χ0v) is 20.0. The number of carbonyl (C=O) groups excluding carboxylic acids is 2. The van der Waals surface area contributed by atoms with Crippen LogP contribution in [0.1, 0.15) is 45.1 Å². The highest BCUT2D eigenvalue weighted by Crippen LogP contribution is 2.22. The fourth-order valence-electron chi connectivity index (χ4n) is 3.40. The highest BCUT2D eigenvalue weighted by Gasteiger charge is 2.15. The first-order chi connectivity index (χ1) is 15.9. The third kappa shape index (κ3) is 4.90. The predicted octanol–water partition coefficient (Wildman–Crippen LogP) is 4.62. The molecule has 0 unspecified atom stereocenters. The summed E-state index contributed by atoms with van der Waals surface area (Å²) in [5.74, 6) is 0.145. The SMILES string of the molecule is CCn1nccc1C(=O)Nc1cccc(NC(=O)c2ccc(Cn3nc(C)c(Br)c3C)o2)c1. The second kappa shape index (κ2) is 9.45. The number of aromatic nitrogens is 4. The smallest absolute Gasteiger partial charge is 0.291 e. The first kappa shape index (κ1) is 22.5. The van der Waals surface area contributed by atoms with Crippen molar-refractivity contribution in [3.05, 3.63) is 81.7 Å². The van der Waals surface area contributed by atoms with E-state index in [0.717, 1.165) is 15.9 Å². The van der Waals surface area contributed by atoms with Crippen molar-refractivity contribution in [2.45, 2.75) is 33.9 Å². The van der Waals surface area contributed by atoms with Crippen LogP contribution in [0.3, 0.4) is 0 Å². The van der Waals surface area contributed by atoms with Crippen LogP contribution in [0.4, 0.5) is 11.4 Å². The molecule has 0 spiro atoms. The highest BCUT2D eigenvalue weighted by molar-refractivity contribution is 9.10. The molecule has 0 aliphatic carbocycles. The normalized spacial score (nSPS) is 10.9. The van der Waals surface area contributed by atoms with Gasteiger partial charge in [-0.1, -0.05) is 6.07 Å². The van der Waals surface area contributed by atoms with E-state index in [9.17, 15) is 9.59 Å². The van der Waals surface area contributed by atoms with Gasteiger partial charge in [-0.2, -0.15) is 10.2 Å². The van der Waals surface area contributed by atoms with E-state index in [1.54, 1.807) is 53.3 Å². The second-order valence-corrected chi connectivity index (χ2v) is 8.22. The summed E-state index contributed by atoms with van der Waals surface area (Å²) in [5.41, 5.74) is 3.42. The summed E-state index contributed by atoms with van der Waals surface area (Å²) in [4.78, 5) is 25.2. The lowest BCUT2D eigenvalue weighted by atomic mass is 10.2. The van der Waals surface area contributed by atoms with E-state index < -0.39 is 0 Å². The van der Waals surface area contributed by atoms with E-state index in [-0.39, 0.29) is 17.6 Å². The number of nitrogens with one attached hydrogen (secondary N) is 2. The standard InChI is InChI=1S/C23H23BrN6O3/c1-4-29-19(10-11-25-29)22(31)26-16-6-5-7-17(12-16)27-23(32)20-9-8-18(33-20)13-30-15(3)21(24)14(2)28-30/h5-12H,4,13H2,1-3H3,(H,26,31)(H,27,32). The molecule has 0 fully saturated rings. The van der Waals surface area contributed by atoms with Crippen LogP contribution in [0.15, 0.2) is 57.6 Å². The monoisotopic (exact) mass is 510 g/mol. The van der Waals surface area contributed by atoms with Crippen molar-refractivity contribution in [3.63, 3.8) is 0 Å². The third-order valence-corrected chi connectivity index (χ3v) is 6.26. The van der Waals surface area contributed by atoms with E-state index in [4.69, 9.17) is 4.42 Å². The lowest BCUT2D eigenvalue weighted by Crippen LogP contribution is -2.17. The number of halogens is 1. The van der Waals surface area contributed by atoms with E-state index in [2.05, 4.69) is 36.8 Å². The summed E-state index contributed by atoms with van der Waals surface area (Å²) in [6.07, 6.45) is 1.58. The fraction of sp³-hybridized carbons (Fsp3) is 0.217. The molecule has 0 saturated carbocycles. The average Bonchev–Trinajstić information content (AvgIpc) is 3.51. The summed E-state index contributed by atoms with van der Waals surface area (Å²) >= 11 is 3.51. The number of benzene rings is 1. The molecule has 3 heterocycles. The van der Waals surface area contributed by atoms with Crippen molar-refractivity contribution in [1.82, 2.24) is 19.6 Å². The first-order valence-electron chi connectivity index (χ1n) is 10.4. The van der Waals surface area contributed by atoms with Gasteiger partial charge in [0, 0.05) is 24.1 Å². The van der Waals surface area contributed by atoms with Crippen molar-refractivity contribution in [2.24, 2.45) is 0 Å². The van der Waals surface area contributed by atoms with Gasteiger partial charge in [-0.25, -0.2) is 0 Å². The van der Waals surface area contributed by atoms with E-state index in [1.165, 1.54) is 0 Å². The Labute approximate surface area is 198 Å². The van der Waals surface area contributed by atoms with Crippen molar-refractivity contribution in [3.8, 4) is 0 Å². The number of nitrogens with zero attached hydrogens (tertiary/aromatic N) is 4. The van der Waals surface area contributed by atoms with Crippen molar-refractivity contribution < 1.29 is 14.0 Å². The number of hydrogen-bond acceptors (Lipinski definition) is 5. The minimum atomic E-state index is -0.386. The van der Waals surface area contributed by atoms with Crippen molar-refractivity contribution >= 4 is 39.1 Å². The zero-order chi connectivity index (χ0) is 23.5. The average molecular weight is 511 g/mol. The van der Waals surface area contributed by atoms with Gasteiger partial charge in [0.1, 0.15) is 11.5 Å². The molecule has 10 heteroatoms. The van der Waals surface area contributed by atoms with Gasteiger partial charge in [-0.15, -0.1) is 0 Å². The molecule has 0 aliphatic heterocycles. The molecular formula is C23H23BrN6O3. The maximum Gasteiger partial charge on any atom is 0.291 e. The predicted molar refractivity (Wildman–Crippen MR) is 127 cm³/mol. The summed E-state index contributed by atoms with van der Waals surface area (Å²) in [6, 6.07) is 12.0. The van der Waals surface area contributed by atoms with E-state index >= 15 is 0 Å². The highest BCUT2D eigenvalue weighted by atomic mass is 79.9. The molecule has 2 amide bonds. The number of aryl methyl sites for hydroxylation is 2. The van der Waals surface area contributed by atoms with Gasteiger partial charge in [0.25, 0.3) is 11.8 Å². The Balaban J connectivity index is 1.42. The van der Waals surface area contributed by atoms with Crippen LogP contribution in [0, 0.1) is 13.8 Å². The van der Waals surface area contributed by atoms with Crippen LogP contribution < -0.4 is 10.6 Å². The molecule has 4 rings (SSSR count). The largest absolute Gasteiger partial charge is 0.454 e. The van der Waals surface area contributed by atoms with Crippen molar-refractivity contribution in [1.29, 1.82) is 0 Å². The number of carbonyl (C=O) groups is 2. The molecule has 0 bridgehead atoms. The third-order valence-electron chi connectivity index (χ3n) is 5.11. The quantitative estimate of drug-likeness (QED) is 0.377. The minimum Gasteiger partial charge on any atom is -0.454 e. The second-order valence-electron chi connectivity index (χ2n) is 7.43. The van der Waals surface area contributed by atoms with Crippen LogP contribution in [0.2, 0.25) is 0 Å². The molecule has 0 radical (unpaired) electrons. The zero-order valence-electron chi connectivity index (χ0n) is 18.4. The Hall–Kier alpha value is -3.66. The van der Waals surface area contributed by atoms with Crippen LogP contribution in [-0.2, 0) is 13.1 Å². The molecule has 9 nitrogen and oxygen atoms in total. The van der Waals surface area contributed by atoms with Gasteiger partial charge in [0.05, 0.1) is 22.4 Å². The van der Waals surface area contributed by atoms with Crippen LogP contribution in [0.5, 0.6) is 0 Å². The Kier molecular flexibility index (Phi) is 6.45. The summed E-state index contributed by atoms with van der Waals surface area (Å²) in [6.45, 7) is 6.80. The molecule has 0 aliphatic rings. The van der Waals surface area contributed by atoms with Crippen LogP contribution >= 0.6 is 15.9 Å². The van der Waals surface area contributed by atoms with Gasteiger partial charge in [-0.05, 0) is 73.1 Å².